The van der Waals surface area contributed by atoms with Gasteiger partial charge in [0.2, 0.25) is 0 Å². The minimum Gasteiger partial charge on any atom is -0.456 e. The highest BCUT2D eigenvalue weighted by Crippen LogP contribution is 2.53. The van der Waals surface area contributed by atoms with E-state index in [1.54, 1.807) is 0 Å². The Morgan fingerprint density at radius 1 is 0.0976 bits per heavy atom. The predicted octanol–water partition coefficient (Wildman–Crippen LogP) is 34.3. The molecule has 0 aliphatic carbocycles. The lowest BCUT2D eigenvalue weighted by molar-refractivity contribution is 0.668. The van der Waals surface area contributed by atoms with Gasteiger partial charge >= 0.3 is 0 Å². The van der Waals surface area contributed by atoms with E-state index in [9.17, 15) is 0 Å². The number of furan rings is 3. The molecular formula is C120H76O3. The Morgan fingerprint density at radius 3 is 0.553 bits per heavy atom. The molecule has 0 atom stereocenters. The first-order valence-corrected chi connectivity index (χ1v) is 42.2. The molecule has 0 saturated carbocycles. The van der Waals surface area contributed by atoms with Crippen molar-refractivity contribution < 1.29 is 13.3 Å². The molecule has 0 bridgehead atoms. The summed E-state index contributed by atoms with van der Waals surface area (Å²) in [6.45, 7) is 0. The Bertz CT molecular complexity index is 8210. The predicted molar refractivity (Wildman–Crippen MR) is 521 cm³/mol. The monoisotopic (exact) mass is 1560 g/mol. The minimum absolute atomic E-state index is 0.915. The van der Waals surface area contributed by atoms with Gasteiger partial charge in [0, 0.05) is 32.3 Å². The van der Waals surface area contributed by atoms with Crippen molar-refractivity contribution in [2.45, 2.75) is 0 Å². The summed E-state index contributed by atoms with van der Waals surface area (Å²) in [4.78, 5) is 0. The lowest BCUT2D eigenvalue weighted by atomic mass is 9.83. The second-order valence-electron chi connectivity index (χ2n) is 31.7. The van der Waals surface area contributed by atoms with Crippen LogP contribution in [0.15, 0.2) is 474 Å². The number of rotatable bonds is 10. The number of benzene rings is 22. The maximum atomic E-state index is 6.31. The van der Waals surface area contributed by atoms with Gasteiger partial charge in [-0.2, -0.15) is 0 Å². The van der Waals surface area contributed by atoms with Crippen molar-refractivity contribution in [3.05, 3.63) is 461 Å². The van der Waals surface area contributed by atoms with E-state index in [-0.39, 0.29) is 0 Å². The third-order valence-corrected chi connectivity index (χ3v) is 24.9. The van der Waals surface area contributed by atoms with Crippen molar-refractivity contribution in [2.75, 3.05) is 0 Å². The summed E-state index contributed by atoms with van der Waals surface area (Å²) < 4.78 is 18.9. The molecule has 0 fully saturated rings. The highest BCUT2D eigenvalue weighted by Gasteiger charge is 2.26. The third-order valence-electron chi connectivity index (χ3n) is 24.9. The molecule has 0 unspecified atom stereocenters. The summed E-state index contributed by atoms with van der Waals surface area (Å²) in [5, 5.41) is 21.9. The van der Waals surface area contributed by atoms with Crippen molar-refractivity contribution in [2.24, 2.45) is 0 Å². The maximum Gasteiger partial charge on any atom is 0.136 e. The topological polar surface area (TPSA) is 39.4 Å². The largest absolute Gasteiger partial charge is 0.456 e. The van der Waals surface area contributed by atoms with Crippen LogP contribution in [0.1, 0.15) is 0 Å². The fourth-order valence-electron chi connectivity index (χ4n) is 19.5. The van der Waals surface area contributed by atoms with Crippen LogP contribution in [0.4, 0.5) is 0 Å². The standard InChI is InChI=1S/C44H28O.2C38H24O/c1-2-11-29(12-3-1)30-21-23-31(24-22-30)32-25-27-33(28-26-32)42-34-13-4-6-15-36(34)43(37-16-7-5-14-35(37)42)39-18-10-20-41-44(39)38-17-8-9-19-40(38)45-41;1-2-11-25(12-3-1)26-21-23-27(24-22-26)36-28-13-4-6-15-30(28)37(31-16-7-5-14-29(31)36)33-18-10-20-35-38(33)32-17-8-9-19-34(32)39-35;1-2-13-25(14-3-1)26-15-4-5-16-27(26)36-28-17-6-8-19-30(28)37(31-20-9-7-18-29(31)36)33-22-12-24-35-38(33)32-21-10-11-23-34(32)39-35/h1-28H;2*1-24H. The molecule has 25 aromatic rings. The van der Waals surface area contributed by atoms with Gasteiger partial charge in [-0.05, 0) is 212 Å². The second kappa shape index (κ2) is 30.6. The van der Waals surface area contributed by atoms with Crippen LogP contribution in [0.2, 0.25) is 0 Å². The van der Waals surface area contributed by atoms with E-state index in [1.165, 1.54) is 192 Å². The van der Waals surface area contributed by atoms with Crippen LogP contribution in [0.5, 0.6) is 0 Å². The van der Waals surface area contributed by atoms with E-state index in [0.29, 0.717) is 0 Å². The summed E-state index contributed by atoms with van der Waals surface area (Å²) in [5.74, 6) is 0. The van der Waals surface area contributed by atoms with Gasteiger partial charge in [0.25, 0.3) is 0 Å². The lowest BCUT2D eigenvalue weighted by Crippen LogP contribution is -1.93. The van der Waals surface area contributed by atoms with E-state index < -0.39 is 0 Å². The number of hydrogen-bond donors (Lipinski definition) is 0. The van der Waals surface area contributed by atoms with E-state index >= 15 is 0 Å². The van der Waals surface area contributed by atoms with E-state index in [4.69, 9.17) is 13.3 Å². The third kappa shape index (κ3) is 12.5. The van der Waals surface area contributed by atoms with Gasteiger partial charge < -0.3 is 13.3 Å². The Morgan fingerprint density at radius 2 is 0.276 bits per heavy atom. The number of para-hydroxylation sites is 3. The summed E-state index contributed by atoms with van der Waals surface area (Å²) in [5.41, 5.74) is 30.2. The SMILES string of the molecule is c1ccc(-c2ccc(-c3c4ccccc4c(-c4cccc5oc6ccccc6c45)c4ccccc34)cc2)cc1.c1ccc(-c2ccc(-c3ccc(-c4c5ccccc5c(-c5cccc6oc7ccccc7c56)c5ccccc45)cc3)cc2)cc1.c1ccc(-c2ccccc2-c2c3ccccc3c(-c3cccc4oc5ccccc5c34)c3ccccc23)cc1. The smallest absolute Gasteiger partial charge is 0.136 e. The number of hydrogen-bond acceptors (Lipinski definition) is 3. The van der Waals surface area contributed by atoms with Gasteiger partial charge in [-0.3, -0.25) is 0 Å². The molecular weight excluding hydrogens is 1490 g/mol. The van der Waals surface area contributed by atoms with Crippen molar-refractivity contribution in [3.63, 3.8) is 0 Å². The molecule has 25 rings (SSSR count). The molecule has 22 aromatic carbocycles. The molecule has 3 aromatic heterocycles. The normalized spacial score (nSPS) is 11.6. The molecule has 0 radical (unpaired) electrons. The Balaban J connectivity index is 0.000000107. The summed E-state index contributed by atoms with van der Waals surface area (Å²) >= 11 is 0. The first kappa shape index (κ1) is 72.1. The van der Waals surface area contributed by atoms with E-state index in [1.807, 2.05) is 18.2 Å². The second-order valence-corrected chi connectivity index (χ2v) is 31.7. The van der Waals surface area contributed by atoms with Gasteiger partial charge in [-0.15, -0.1) is 0 Å². The zero-order valence-electron chi connectivity index (χ0n) is 67.1. The molecule has 0 amide bonds. The van der Waals surface area contributed by atoms with E-state index in [0.717, 1.165) is 49.7 Å². The van der Waals surface area contributed by atoms with Crippen LogP contribution in [0.3, 0.4) is 0 Å². The highest BCUT2D eigenvalue weighted by atomic mass is 16.3. The first-order valence-electron chi connectivity index (χ1n) is 42.2. The molecule has 0 aliphatic rings. The molecule has 574 valence electrons. The Hall–Kier alpha value is -16.2. The molecule has 0 spiro atoms. The van der Waals surface area contributed by atoms with Crippen LogP contribution in [0.25, 0.3) is 242 Å². The van der Waals surface area contributed by atoms with E-state index in [2.05, 4.69) is 443 Å². The van der Waals surface area contributed by atoms with Crippen molar-refractivity contribution >= 4 is 130 Å². The molecule has 3 heterocycles. The summed E-state index contributed by atoms with van der Waals surface area (Å²) in [7, 11) is 0. The maximum absolute atomic E-state index is 6.31. The van der Waals surface area contributed by atoms with Gasteiger partial charge in [-0.1, -0.05) is 425 Å². The molecule has 0 saturated heterocycles. The van der Waals surface area contributed by atoms with Gasteiger partial charge in [0.05, 0.1) is 0 Å². The Kier molecular flexibility index (Phi) is 17.9. The summed E-state index contributed by atoms with van der Waals surface area (Å²) in [6.07, 6.45) is 0. The van der Waals surface area contributed by atoms with Crippen molar-refractivity contribution in [3.8, 4) is 111 Å². The van der Waals surface area contributed by atoms with Crippen LogP contribution < -0.4 is 0 Å². The molecule has 0 N–H and O–H groups in total. The van der Waals surface area contributed by atoms with Crippen LogP contribution in [-0.4, -0.2) is 0 Å². The Labute approximate surface area is 711 Å². The van der Waals surface area contributed by atoms with Crippen LogP contribution in [-0.2, 0) is 0 Å². The zero-order chi connectivity index (χ0) is 81.3. The first-order chi connectivity index (χ1) is 61.1. The van der Waals surface area contributed by atoms with Crippen molar-refractivity contribution in [1.82, 2.24) is 0 Å². The summed E-state index contributed by atoms with van der Waals surface area (Å²) in [6, 6.07) is 165. The zero-order valence-corrected chi connectivity index (χ0v) is 67.1. The lowest BCUT2D eigenvalue weighted by Gasteiger charge is -2.20. The molecule has 3 heteroatoms. The van der Waals surface area contributed by atoms with Crippen molar-refractivity contribution in [1.29, 1.82) is 0 Å². The fourth-order valence-corrected chi connectivity index (χ4v) is 19.5. The molecule has 3 nitrogen and oxygen atoms in total. The van der Waals surface area contributed by atoms with Gasteiger partial charge in [0.1, 0.15) is 33.5 Å². The average molecular weight is 1570 g/mol. The quantitative estimate of drug-likeness (QED) is 0.128. The fraction of sp³-hybridized carbons (Fsp3) is 0. The van der Waals surface area contributed by atoms with Crippen LogP contribution >= 0.6 is 0 Å². The molecule has 0 aliphatic heterocycles. The minimum atomic E-state index is 0.915. The number of fused-ring (bicyclic) bond motifs is 15. The average Bonchev–Trinajstić information content (AvgIpc) is 1.40. The highest BCUT2D eigenvalue weighted by molar-refractivity contribution is 6.30. The molecule has 123 heavy (non-hydrogen) atoms. The van der Waals surface area contributed by atoms with Gasteiger partial charge in [0.15, 0.2) is 0 Å². The van der Waals surface area contributed by atoms with Crippen LogP contribution in [0, 0.1) is 0 Å². The van der Waals surface area contributed by atoms with Gasteiger partial charge in [-0.25, -0.2) is 0 Å².